The van der Waals surface area contributed by atoms with Gasteiger partial charge in [0.2, 0.25) is 22.4 Å². The van der Waals surface area contributed by atoms with Crippen molar-refractivity contribution in [2.24, 2.45) is 5.92 Å². The summed E-state index contributed by atoms with van der Waals surface area (Å²) in [5, 5.41) is 9.81. The molecule has 1 heterocycles. The maximum absolute atomic E-state index is 13.1. The van der Waals surface area contributed by atoms with Gasteiger partial charge in [0, 0.05) is 16.7 Å². The van der Waals surface area contributed by atoms with E-state index in [1.807, 2.05) is 0 Å². The zero-order valence-electron chi connectivity index (χ0n) is 23.0. The monoisotopic (exact) mass is 675 g/mol. The molecule has 1 saturated carbocycles. The highest BCUT2D eigenvalue weighted by atomic mass is 35.5. The molecule has 0 bridgehead atoms. The summed E-state index contributed by atoms with van der Waals surface area (Å²) in [4.78, 5) is 25.6. The summed E-state index contributed by atoms with van der Waals surface area (Å²) in [5.74, 6) is -1.95. The number of rotatable bonds is 14. The molecule has 16 heteroatoms. The molecule has 0 spiro atoms. The van der Waals surface area contributed by atoms with Gasteiger partial charge in [-0.3, -0.25) is 9.93 Å². The van der Waals surface area contributed by atoms with Crippen molar-refractivity contribution >= 4 is 50.9 Å². The topological polar surface area (TPSA) is 141 Å². The first-order valence-corrected chi connectivity index (χ1v) is 15.7. The number of ether oxygens (including phenoxy) is 4. The van der Waals surface area contributed by atoms with Crippen LogP contribution in [-0.4, -0.2) is 51.6 Å². The molecule has 1 atom stereocenters. The predicted octanol–water partition coefficient (Wildman–Crippen LogP) is 4.96. The smallest absolute Gasteiger partial charge is 0.387 e. The first-order valence-electron chi connectivity index (χ1n) is 13.0. The van der Waals surface area contributed by atoms with Crippen molar-refractivity contribution in [1.29, 1.82) is 0 Å². The Hall–Kier alpha value is -3.88. The molecular formula is C28H27Cl2F2N2O9S+. The number of alkyl halides is 2. The number of anilines is 1. The minimum absolute atomic E-state index is 0.00406. The molecule has 3 aromatic rings. The Morgan fingerprint density at radius 3 is 2.41 bits per heavy atom. The Balaban J connectivity index is 1.57. The number of sulfonamides is 1. The second-order valence-electron chi connectivity index (χ2n) is 9.83. The lowest BCUT2D eigenvalue weighted by Gasteiger charge is -2.21. The lowest BCUT2D eigenvalue weighted by molar-refractivity contribution is -0.904. The van der Waals surface area contributed by atoms with E-state index >= 15 is 0 Å². The molecule has 0 aliphatic heterocycles. The number of hydrogen-bond acceptors (Lipinski definition) is 9. The van der Waals surface area contributed by atoms with Gasteiger partial charge in [0.15, 0.2) is 18.1 Å². The zero-order chi connectivity index (χ0) is 32.0. The van der Waals surface area contributed by atoms with Gasteiger partial charge < -0.3 is 18.9 Å². The van der Waals surface area contributed by atoms with E-state index in [0.29, 0.717) is 4.73 Å². The number of pyridine rings is 1. The normalized spacial score (nSPS) is 13.7. The summed E-state index contributed by atoms with van der Waals surface area (Å²) in [6, 6.07) is 9.65. The number of benzene rings is 2. The number of halogens is 4. The lowest BCUT2D eigenvalue weighted by atomic mass is 10.0. The van der Waals surface area contributed by atoms with Crippen LogP contribution in [0.2, 0.25) is 10.0 Å². The SMILES string of the molecule is CS(=O)(=O)Nc1ccccc1C(=O)OCC(=O)O[C@@H](Cc1c(Cl)c[n+](O)cc1Cl)c1ccc(OC(F)F)c(OCC2CC2)c1. The predicted molar refractivity (Wildman–Crippen MR) is 153 cm³/mol. The van der Waals surface area contributed by atoms with Gasteiger partial charge in [-0.1, -0.05) is 41.4 Å². The molecule has 1 aliphatic carbocycles. The van der Waals surface area contributed by atoms with E-state index < -0.39 is 41.3 Å². The largest absolute Gasteiger partial charge is 0.489 e. The van der Waals surface area contributed by atoms with Crippen molar-refractivity contribution in [1.82, 2.24) is 0 Å². The van der Waals surface area contributed by atoms with E-state index in [0.717, 1.165) is 31.5 Å². The summed E-state index contributed by atoms with van der Waals surface area (Å²) in [6.45, 7) is -3.71. The van der Waals surface area contributed by atoms with Crippen molar-refractivity contribution in [2.75, 3.05) is 24.2 Å². The van der Waals surface area contributed by atoms with Crippen LogP contribution in [0.15, 0.2) is 54.9 Å². The minimum Gasteiger partial charge on any atom is -0.489 e. The fraction of sp³-hybridized carbons (Fsp3) is 0.321. The molecule has 0 unspecified atom stereocenters. The average molecular weight is 676 g/mol. The highest BCUT2D eigenvalue weighted by Gasteiger charge is 2.27. The van der Waals surface area contributed by atoms with Crippen LogP contribution >= 0.6 is 23.2 Å². The maximum atomic E-state index is 13.1. The molecular weight excluding hydrogens is 649 g/mol. The Morgan fingerprint density at radius 1 is 1.09 bits per heavy atom. The van der Waals surface area contributed by atoms with Crippen LogP contribution in [0.5, 0.6) is 11.5 Å². The van der Waals surface area contributed by atoms with Crippen molar-refractivity contribution < 1.29 is 55.7 Å². The quantitative estimate of drug-likeness (QED) is 0.138. The van der Waals surface area contributed by atoms with E-state index in [1.54, 1.807) is 0 Å². The number of carbonyl (C=O) groups excluding carboxylic acids is 2. The van der Waals surface area contributed by atoms with Crippen LogP contribution in [0.3, 0.4) is 0 Å². The lowest BCUT2D eigenvalue weighted by Crippen LogP contribution is -2.29. The molecule has 236 valence electrons. The highest BCUT2D eigenvalue weighted by molar-refractivity contribution is 7.92. The highest BCUT2D eigenvalue weighted by Crippen LogP contribution is 2.37. The van der Waals surface area contributed by atoms with Crippen molar-refractivity contribution in [3.63, 3.8) is 0 Å². The Labute approximate surface area is 261 Å². The number of hydrogen-bond donors (Lipinski definition) is 2. The first kappa shape index (κ1) is 33.0. The number of carbonyl (C=O) groups is 2. The van der Waals surface area contributed by atoms with Gasteiger partial charge in [0.25, 0.3) is 0 Å². The molecule has 2 aromatic carbocycles. The molecule has 1 aliphatic rings. The van der Waals surface area contributed by atoms with Gasteiger partial charge in [-0.2, -0.15) is 8.78 Å². The van der Waals surface area contributed by atoms with Crippen LogP contribution in [0, 0.1) is 5.92 Å². The number of aromatic nitrogens is 1. The Bertz CT molecular complexity index is 1620. The molecule has 44 heavy (non-hydrogen) atoms. The minimum atomic E-state index is -3.72. The maximum Gasteiger partial charge on any atom is 0.387 e. The van der Waals surface area contributed by atoms with Gasteiger partial charge in [-0.05, 0) is 48.6 Å². The second kappa shape index (κ2) is 14.3. The number of nitrogens with zero attached hydrogens (tertiary/aromatic N) is 1. The van der Waals surface area contributed by atoms with E-state index in [9.17, 15) is 32.0 Å². The van der Waals surface area contributed by atoms with E-state index in [2.05, 4.69) is 9.46 Å². The Morgan fingerprint density at radius 2 is 1.77 bits per heavy atom. The van der Waals surface area contributed by atoms with Crippen LogP contribution in [-0.2, 0) is 30.7 Å². The number of para-hydroxylation sites is 1. The number of nitrogens with one attached hydrogen (secondary N) is 1. The first-order chi connectivity index (χ1) is 20.8. The van der Waals surface area contributed by atoms with Gasteiger partial charge in [0.05, 0.1) is 24.1 Å². The standard InChI is InChI=1S/C28H26Cl2F2N2O9S/c1-44(38,39)33-22-5-3-2-4-18(22)27(36)41-15-26(35)42-24(11-19-20(29)12-34(37)13-21(19)30)17-8-9-23(43-28(31)32)25(10-17)40-14-16-6-7-16/h2-5,8-10,12-13,16,24,28H,6-7,11,14-15H2,1H3,(H-,33,36,37)/p+1/t24-/m0/s1. The van der Waals surface area contributed by atoms with Gasteiger partial charge in [-0.25, -0.2) is 18.0 Å². The number of esters is 2. The molecule has 11 nitrogen and oxygen atoms in total. The third-order valence-corrected chi connectivity index (χ3v) is 7.46. The average Bonchev–Trinajstić information content (AvgIpc) is 3.76. The van der Waals surface area contributed by atoms with Crippen LogP contribution in [0.25, 0.3) is 0 Å². The summed E-state index contributed by atoms with van der Waals surface area (Å²) in [6.07, 6.45) is 3.81. The molecule has 1 aromatic heterocycles. The third kappa shape index (κ3) is 9.56. The second-order valence-corrected chi connectivity index (χ2v) is 12.4. The third-order valence-electron chi connectivity index (χ3n) is 6.22. The summed E-state index contributed by atoms with van der Waals surface area (Å²) in [5.41, 5.74) is 0.371. The molecule has 1 fully saturated rings. The molecule has 2 N–H and O–H groups in total. The summed E-state index contributed by atoms with van der Waals surface area (Å²) < 4.78 is 73.3. The van der Waals surface area contributed by atoms with Crippen LogP contribution < -0.4 is 18.9 Å². The van der Waals surface area contributed by atoms with E-state index in [1.165, 1.54) is 42.5 Å². The summed E-state index contributed by atoms with van der Waals surface area (Å²) >= 11 is 12.6. The van der Waals surface area contributed by atoms with Crippen molar-refractivity contribution in [2.45, 2.75) is 32.0 Å². The molecule has 0 saturated heterocycles. The van der Waals surface area contributed by atoms with Crippen LogP contribution in [0.4, 0.5) is 14.5 Å². The molecule has 0 amide bonds. The molecule has 4 rings (SSSR count). The van der Waals surface area contributed by atoms with Crippen molar-refractivity contribution in [3.05, 3.63) is 81.6 Å². The van der Waals surface area contributed by atoms with Crippen molar-refractivity contribution in [3.8, 4) is 11.5 Å². The van der Waals surface area contributed by atoms with Gasteiger partial charge >= 0.3 is 18.6 Å². The van der Waals surface area contributed by atoms with Gasteiger partial charge in [-0.15, -0.1) is 0 Å². The fourth-order valence-electron chi connectivity index (χ4n) is 4.02. The van der Waals surface area contributed by atoms with E-state index in [4.69, 9.17) is 37.4 Å². The van der Waals surface area contributed by atoms with Gasteiger partial charge in [0.1, 0.15) is 16.1 Å². The Kier molecular flexibility index (Phi) is 10.7. The fourth-order valence-corrected chi connectivity index (χ4v) is 5.20. The molecule has 0 radical (unpaired) electrons. The van der Waals surface area contributed by atoms with E-state index in [-0.39, 0.29) is 62.9 Å². The van der Waals surface area contributed by atoms with Crippen LogP contribution in [0.1, 0.15) is 40.4 Å². The summed E-state index contributed by atoms with van der Waals surface area (Å²) in [7, 11) is -3.72. The zero-order valence-corrected chi connectivity index (χ0v) is 25.4.